The number of unbranched alkanes of at least 4 members (excludes halogenated alkanes) is 1. The van der Waals surface area contributed by atoms with E-state index in [1.54, 1.807) is 41.3 Å². The van der Waals surface area contributed by atoms with E-state index in [-0.39, 0.29) is 11.8 Å². The molecular weight excluding hydrogens is 436 g/mol. The first-order chi connectivity index (χ1) is 14.1. The molecule has 1 aliphatic rings. The summed E-state index contributed by atoms with van der Waals surface area (Å²) < 4.78 is 11.9. The van der Waals surface area contributed by atoms with E-state index in [2.05, 4.69) is 28.2 Å². The Hall–Kier alpha value is -2.38. The zero-order chi connectivity index (χ0) is 20.6. The monoisotopic (exact) mass is 460 g/mol. The lowest BCUT2D eigenvalue weighted by molar-refractivity contribution is 0.0303. The molecule has 0 radical (unpaired) electrons. The number of rotatable bonds is 7. The molecule has 1 saturated heterocycles. The van der Waals surface area contributed by atoms with Crippen LogP contribution in [0, 0.1) is 0 Å². The van der Waals surface area contributed by atoms with Crippen LogP contribution in [0.15, 0.2) is 46.9 Å². The Kier molecular flexibility index (Phi) is 7.66. The number of hydrogen-bond acceptors (Lipinski definition) is 4. The molecule has 1 heterocycles. The van der Waals surface area contributed by atoms with Crippen molar-refractivity contribution in [2.75, 3.05) is 38.2 Å². The molecule has 29 heavy (non-hydrogen) atoms. The molecule has 0 aliphatic carbocycles. The number of anilines is 1. The maximum absolute atomic E-state index is 12.8. The van der Waals surface area contributed by atoms with Crippen molar-refractivity contribution in [3.63, 3.8) is 0 Å². The average Bonchev–Trinajstić information content (AvgIpc) is 2.75. The van der Waals surface area contributed by atoms with Crippen LogP contribution in [0.3, 0.4) is 0 Å². The highest BCUT2D eigenvalue weighted by Crippen LogP contribution is 2.25. The van der Waals surface area contributed by atoms with Crippen LogP contribution in [0.5, 0.6) is 5.75 Å². The van der Waals surface area contributed by atoms with E-state index in [1.807, 2.05) is 6.07 Å². The zero-order valence-corrected chi connectivity index (χ0v) is 18.0. The van der Waals surface area contributed by atoms with Crippen LogP contribution >= 0.6 is 15.9 Å². The highest BCUT2D eigenvalue weighted by atomic mass is 79.9. The fraction of sp³-hybridized carbons (Fsp3) is 0.364. The predicted molar refractivity (Wildman–Crippen MR) is 116 cm³/mol. The Morgan fingerprint density at radius 3 is 2.55 bits per heavy atom. The summed E-state index contributed by atoms with van der Waals surface area (Å²) in [6.45, 7) is 4.98. The van der Waals surface area contributed by atoms with Gasteiger partial charge in [-0.3, -0.25) is 9.59 Å². The van der Waals surface area contributed by atoms with Gasteiger partial charge >= 0.3 is 0 Å². The van der Waals surface area contributed by atoms with E-state index in [4.69, 9.17) is 9.47 Å². The second-order valence-corrected chi connectivity index (χ2v) is 7.69. The Morgan fingerprint density at radius 2 is 1.86 bits per heavy atom. The second-order valence-electron chi connectivity index (χ2n) is 6.78. The number of carbonyl (C=O) groups is 2. The molecule has 2 aromatic rings. The minimum Gasteiger partial charge on any atom is -0.493 e. The first-order valence-electron chi connectivity index (χ1n) is 9.79. The number of nitrogens with zero attached hydrogens (tertiary/aromatic N) is 1. The first-order valence-corrected chi connectivity index (χ1v) is 10.6. The number of nitrogens with one attached hydrogen (secondary N) is 1. The smallest absolute Gasteiger partial charge is 0.259 e. The van der Waals surface area contributed by atoms with Crippen molar-refractivity contribution in [2.45, 2.75) is 19.8 Å². The Balaban J connectivity index is 1.67. The number of hydrogen-bond donors (Lipinski definition) is 1. The third kappa shape index (κ3) is 5.81. The van der Waals surface area contributed by atoms with Crippen LogP contribution in [0.2, 0.25) is 0 Å². The quantitative estimate of drug-likeness (QED) is 0.623. The topological polar surface area (TPSA) is 67.9 Å². The molecule has 0 saturated carbocycles. The van der Waals surface area contributed by atoms with E-state index >= 15 is 0 Å². The molecule has 1 N–H and O–H groups in total. The number of morpholine rings is 1. The summed E-state index contributed by atoms with van der Waals surface area (Å²) in [4.78, 5) is 27.1. The second kappa shape index (κ2) is 10.4. The van der Waals surface area contributed by atoms with Crippen LogP contribution in [0.4, 0.5) is 5.69 Å². The molecule has 7 heteroatoms. The van der Waals surface area contributed by atoms with Gasteiger partial charge in [0.25, 0.3) is 11.8 Å². The largest absolute Gasteiger partial charge is 0.493 e. The van der Waals surface area contributed by atoms with Gasteiger partial charge in [0.15, 0.2) is 0 Å². The van der Waals surface area contributed by atoms with Gasteiger partial charge in [0.2, 0.25) is 0 Å². The van der Waals surface area contributed by atoms with Crippen molar-refractivity contribution in [1.29, 1.82) is 0 Å². The fourth-order valence-electron chi connectivity index (χ4n) is 2.98. The van der Waals surface area contributed by atoms with Crippen LogP contribution in [-0.2, 0) is 4.74 Å². The maximum atomic E-state index is 12.8. The summed E-state index contributed by atoms with van der Waals surface area (Å²) in [5.74, 6) is 0.271. The molecule has 2 amide bonds. The van der Waals surface area contributed by atoms with Gasteiger partial charge in [-0.05, 0) is 48.9 Å². The molecule has 154 valence electrons. The Morgan fingerprint density at radius 1 is 1.14 bits per heavy atom. The molecule has 0 unspecified atom stereocenters. The summed E-state index contributed by atoms with van der Waals surface area (Å²) in [5, 5.41) is 2.88. The summed E-state index contributed by atoms with van der Waals surface area (Å²) in [6, 6.07) is 12.3. The SMILES string of the molecule is CCCCOc1ccc(Br)cc1C(=O)Nc1ccc(C(=O)N2CCOCC2)cc1. The van der Waals surface area contributed by atoms with Gasteiger partial charge in [-0.1, -0.05) is 29.3 Å². The highest BCUT2D eigenvalue weighted by molar-refractivity contribution is 9.10. The van der Waals surface area contributed by atoms with Gasteiger partial charge in [0.05, 0.1) is 25.4 Å². The molecule has 1 aliphatic heterocycles. The normalized spacial score (nSPS) is 13.8. The number of halogens is 1. The minimum atomic E-state index is -0.259. The van der Waals surface area contributed by atoms with E-state index < -0.39 is 0 Å². The lowest BCUT2D eigenvalue weighted by Gasteiger charge is -2.26. The van der Waals surface area contributed by atoms with Crippen molar-refractivity contribution in [1.82, 2.24) is 4.90 Å². The van der Waals surface area contributed by atoms with E-state index in [9.17, 15) is 9.59 Å². The summed E-state index contributed by atoms with van der Waals surface area (Å²) in [7, 11) is 0. The first kappa shape index (κ1) is 21.3. The van der Waals surface area contributed by atoms with Crippen molar-refractivity contribution < 1.29 is 19.1 Å². The standard InChI is InChI=1S/C22H25BrN2O4/c1-2-3-12-29-20-9-6-17(23)15-19(20)21(26)24-18-7-4-16(5-8-18)22(27)25-10-13-28-14-11-25/h4-9,15H,2-3,10-14H2,1H3,(H,24,26). The third-order valence-corrected chi connectivity index (χ3v) is 5.12. The molecule has 0 spiro atoms. The molecule has 0 aromatic heterocycles. The van der Waals surface area contributed by atoms with Gasteiger partial charge < -0.3 is 19.7 Å². The molecule has 3 rings (SSSR count). The maximum Gasteiger partial charge on any atom is 0.259 e. The molecule has 0 atom stereocenters. The molecule has 6 nitrogen and oxygen atoms in total. The molecule has 0 bridgehead atoms. The van der Waals surface area contributed by atoms with Crippen LogP contribution in [0.1, 0.15) is 40.5 Å². The fourth-order valence-corrected chi connectivity index (χ4v) is 3.34. The lowest BCUT2D eigenvalue weighted by Crippen LogP contribution is -2.40. The Bertz CT molecular complexity index is 848. The van der Waals surface area contributed by atoms with Crippen molar-refractivity contribution in [2.24, 2.45) is 0 Å². The van der Waals surface area contributed by atoms with Crippen molar-refractivity contribution in [3.05, 3.63) is 58.1 Å². The van der Waals surface area contributed by atoms with Gasteiger partial charge in [-0.15, -0.1) is 0 Å². The van der Waals surface area contributed by atoms with Gasteiger partial charge in [0, 0.05) is 28.8 Å². The van der Waals surface area contributed by atoms with E-state index in [1.165, 1.54) is 0 Å². The summed E-state index contributed by atoms with van der Waals surface area (Å²) >= 11 is 3.41. The van der Waals surface area contributed by atoms with Crippen LogP contribution < -0.4 is 10.1 Å². The summed E-state index contributed by atoms with van der Waals surface area (Å²) in [5.41, 5.74) is 1.67. The van der Waals surface area contributed by atoms with Gasteiger partial charge in [0.1, 0.15) is 5.75 Å². The number of amides is 2. The Labute approximate surface area is 179 Å². The van der Waals surface area contributed by atoms with Crippen LogP contribution in [-0.4, -0.2) is 49.6 Å². The third-order valence-electron chi connectivity index (χ3n) is 4.63. The molecule has 1 fully saturated rings. The lowest BCUT2D eigenvalue weighted by atomic mass is 10.1. The van der Waals surface area contributed by atoms with Gasteiger partial charge in [-0.25, -0.2) is 0 Å². The number of benzene rings is 2. The van der Waals surface area contributed by atoms with Crippen LogP contribution in [0.25, 0.3) is 0 Å². The van der Waals surface area contributed by atoms with E-state index in [0.717, 1.165) is 17.3 Å². The van der Waals surface area contributed by atoms with Crippen molar-refractivity contribution >= 4 is 33.4 Å². The van der Waals surface area contributed by atoms with E-state index in [0.29, 0.717) is 55.5 Å². The minimum absolute atomic E-state index is 0.0234. The highest BCUT2D eigenvalue weighted by Gasteiger charge is 2.19. The number of ether oxygens (including phenoxy) is 2. The molecule has 2 aromatic carbocycles. The predicted octanol–water partition coefficient (Wildman–Crippen LogP) is 4.35. The van der Waals surface area contributed by atoms with Crippen molar-refractivity contribution in [3.8, 4) is 5.75 Å². The molecular formula is C22H25BrN2O4. The summed E-state index contributed by atoms with van der Waals surface area (Å²) in [6.07, 6.45) is 1.95. The number of carbonyl (C=O) groups excluding carboxylic acids is 2. The zero-order valence-electron chi connectivity index (χ0n) is 16.4. The average molecular weight is 461 g/mol. The van der Waals surface area contributed by atoms with Gasteiger partial charge in [-0.2, -0.15) is 0 Å².